The van der Waals surface area contributed by atoms with E-state index in [4.69, 9.17) is 4.74 Å². The quantitative estimate of drug-likeness (QED) is 0.921. The Morgan fingerprint density at radius 2 is 2.10 bits per heavy atom. The van der Waals surface area contributed by atoms with Gasteiger partial charge in [-0.15, -0.1) is 12.4 Å². The third-order valence-corrected chi connectivity index (χ3v) is 3.37. The van der Waals surface area contributed by atoms with Gasteiger partial charge < -0.3 is 15.0 Å². The van der Waals surface area contributed by atoms with E-state index in [0.29, 0.717) is 19.6 Å². The lowest BCUT2D eigenvalue weighted by molar-refractivity contribution is -0.133. The van der Waals surface area contributed by atoms with Gasteiger partial charge in [0, 0.05) is 26.7 Å². The van der Waals surface area contributed by atoms with Crippen LogP contribution in [-0.2, 0) is 16.1 Å². The number of nitrogens with zero attached hydrogens (tertiary/aromatic N) is 1. The average Bonchev–Trinajstić information content (AvgIpc) is 2.42. The number of aryl methyl sites for hydroxylation is 1. The molecule has 1 fully saturated rings. The van der Waals surface area contributed by atoms with E-state index < -0.39 is 0 Å². The van der Waals surface area contributed by atoms with Crippen molar-refractivity contribution in [1.29, 1.82) is 0 Å². The van der Waals surface area contributed by atoms with Crippen LogP contribution in [0.25, 0.3) is 0 Å². The molecule has 1 aromatic carbocycles. The highest BCUT2D eigenvalue weighted by atomic mass is 35.5. The summed E-state index contributed by atoms with van der Waals surface area (Å²) in [5.41, 5.74) is 2.39. The fourth-order valence-electron chi connectivity index (χ4n) is 2.16. The van der Waals surface area contributed by atoms with Gasteiger partial charge in [0.15, 0.2) is 0 Å². The van der Waals surface area contributed by atoms with E-state index in [0.717, 1.165) is 18.7 Å². The molecular weight excluding hydrogens is 276 g/mol. The summed E-state index contributed by atoms with van der Waals surface area (Å²) >= 11 is 0. The lowest BCUT2D eigenvalue weighted by atomic mass is 10.1. The number of hydrogen-bond acceptors (Lipinski definition) is 3. The predicted octanol–water partition coefficient (Wildman–Crippen LogP) is 1.75. The van der Waals surface area contributed by atoms with Gasteiger partial charge in [0.1, 0.15) is 0 Å². The maximum Gasteiger partial charge on any atom is 0.225 e. The van der Waals surface area contributed by atoms with Crippen LogP contribution in [0.3, 0.4) is 0 Å². The highest BCUT2D eigenvalue weighted by Gasteiger charge is 2.19. The first-order valence-corrected chi connectivity index (χ1v) is 6.77. The number of carbonyl (C=O) groups is 1. The number of morpholine rings is 1. The van der Waals surface area contributed by atoms with E-state index in [1.165, 1.54) is 5.56 Å². The van der Waals surface area contributed by atoms with Gasteiger partial charge in [0.05, 0.1) is 19.1 Å². The number of halogens is 1. The van der Waals surface area contributed by atoms with Gasteiger partial charge in [-0.1, -0.05) is 29.8 Å². The molecule has 0 aliphatic carbocycles. The Kier molecular flexibility index (Phi) is 6.99. The zero-order valence-corrected chi connectivity index (χ0v) is 12.9. The summed E-state index contributed by atoms with van der Waals surface area (Å²) in [4.78, 5) is 13.9. The molecule has 5 heteroatoms. The number of carbonyl (C=O) groups excluding carboxylic acids is 1. The summed E-state index contributed by atoms with van der Waals surface area (Å²) in [7, 11) is 1.85. The van der Waals surface area contributed by atoms with E-state index >= 15 is 0 Å². The normalized spacial score (nSPS) is 18.2. The van der Waals surface area contributed by atoms with Gasteiger partial charge in [-0.3, -0.25) is 4.79 Å². The van der Waals surface area contributed by atoms with Crippen molar-refractivity contribution in [3.63, 3.8) is 0 Å². The van der Waals surface area contributed by atoms with Gasteiger partial charge in [-0.2, -0.15) is 0 Å². The molecule has 1 atom stereocenters. The van der Waals surface area contributed by atoms with Gasteiger partial charge in [-0.25, -0.2) is 0 Å². The average molecular weight is 299 g/mol. The maximum absolute atomic E-state index is 12.1. The number of hydrogen-bond donors (Lipinski definition) is 1. The summed E-state index contributed by atoms with van der Waals surface area (Å²) in [5.74, 6) is 0.134. The van der Waals surface area contributed by atoms with Crippen LogP contribution in [-0.4, -0.2) is 43.7 Å². The van der Waals surface area contributed by atoms with E-state index in [1.54, 1.807) is 4.90 Å². The van der Waals surface area contributed by atoms with Crippen LogP contribution in [0.2, 0.25) is 0 Å². The smallest absolute Gasteiger partial charge is 0.225 e. The van der Waals surface area contributed by atoms with Crippen molar-refractivity contribution in [2.45, 2.75) is 26.0 Å². The second-order valence-corrected chi connectivity index (χ2v) is 5.14. The molecule has 0 spiro atoms. The van der Waals surface area contributed by atoms with Crippen LogP contribution < -0.4 is 5.32 Å². The van der Waals surface area contributed by atoms with Crippen molar-refractivity contribution >= 4 is 18.3 Å². The highest BCUT2D eigenvalue weighted by molar-refractivity contribution is 5.85. The summed E-state index contributed by atoms with van der Waals surface area (Å²) in [5, 5.41) is 3.24. The predicted molar refractivity (Wildman–Crippen MR) is 82.1 cm³/mol. The van der Waals surface area contributed by atoms with Crippen molar-refractivity contribution < 1.29 is 9.53 Å². The van der Waals surface area contributed by atoms with Crippen molar-refractivity contribution in [3.05, 3.63) is 35.4 Å². The molecule has 112 valence electrons. The molecule has 0 radical (unpaired) electrons. The topological polar surface area (TPSA) is 41.6 Å². The van der Waals surface area contributed by atoms with E-state index in [2.05, 4.69) is 36.5 Å². The van der Waals surface area contributed by atoms with Crippen LogP contribution >= 0.6 is 12.4 Å². The van der Waals surface area contributed by atoms with Crippen LogP contribution in [0.15, 0.2) is 24.3 Å². The first-order valence-electron chi connectivity index (χ1n) is 6.77. The molecule has 1 saturated heterocycles. The van der Waals surface area contributed by atoms with Gasteiger partial charge in [0.2, 0.25) is 5.91 Å². The molecule has 1 unspecified atom stereocenters. The Morgan fingerprint density at radius 3 is 2.70 bits per heavy atom. The lowest BCUT2D eigenvalue weighted by Gasteiger charge is -2.25. The van der Waals surface area contributed by atoms with Crippen molar-refractivity contribution in [1.82, 2.24) is 10.2 Å². The Hall–Kier alpha value is -1.10. The van der Waals surface area contributed by atoms with Gasteiger partial charge in [-0.05, 0) is 12.5 Å². The molecule has 1 aliphatic rings. The molecule has 1 aliphatic heterocycles. The Balaban J connectivity index is 0.00000200. The van der Waals surface area contributed by atoms with Gasteiger partial charge in [0.25, 0.3) is 0 Å². The third kappa shape index (κ3) is 5.12. The molecule has 4 nitrogen and oxygen atoms in total. The zero-order valence-electron chi connectivity index (χ0n) is 12.1. The largest absolute Gasteiger partial charge is 0.375 e. The second-order valence-electron chi connectivity index (χ2n) is 5.14. The number of benzene rings is 1. The number of rotatable bonds is 4. The molecule has 0 bridgehead atoms. The maximum atomic E-state index is 12.1. The fourth-order valence-corrected chi connectivity index (χ4v) is 2.16. The summed E-state index contributed by atoms with van der Waals surface area (Å²) < 4.78 is 5.55. The zero-order chi connectivity index (χ0) is 13.7. The van der Waals surface area contributed by atoms with Crippen LogP contribution in [0.4, 0.5) is 0 Å². The Labute approximate surface area is 126 Å². The molecule has 2 rings (SSSR count). The number of ether oxygens (including phenoxy) is 1. The monoisotopic (exact) mass is 298 g/mol. The van der Waals surface area contributed by atoms with E-state index in [-0.39, 0.29) is 24.4 Å². The Morgan fingerprint density at radius 1 is 1.40 bits per heavy atom. The molecule has 1 aromatic rings. The molecule has 1 N–H and O–H groups in total. The summed E-state index contributed by atoms with van der Waals surface area (Å²) in [6.45, 7) is 5.05. The summed E-state index contributed by atoms with van der Waals surface area (Å²) in [6, 6.07) is 8.28. The minimum atomic E-state index is 0. The van der Waals surface area contributed by atoms with Crippen molar-refractivity contribution in [2.24, 2.45) is 0 Å². The fraction of sp³-hybridized carbons (Fsp3) is 0.533. The molecule has 1 heterocycles. The minimum absolute atomic E-state index is 0. The van der Waals surface area contributed by atoms with E-state index in [9.17, 15) is 4.79 Å². The number of amides is 1. The first kappa shape index (κ1) is 17.0. The third-order valence-electron chi connectivity index (χ3n) is 3.37. The van der Waals surface area contributed by atoms with Crippen molar-refractivity contribution in [2.75, 3.05) is 26.7 Å². The minimum Gasteiger partial charge on any atom is -0.375 e. The number of nitrogens with one attached hydrogen (secondary N) is 1. The second kappa shape index (κ2) is 8.25. The standard InChI is InChI=1S/C15H22N2O2.ClH/c1-12-3-5-13(6-4-12)11-17(2)15(18)9-14-10-16-7-8-19-14;/h3-6,14,16H,7-11H2,1-2H3;1H. The Bertz CT molecular complexity index is 416. The van der Waals surface area contributed by atoms with Crippen LogP contribution in [0, 0.1) is 6.92 Å². The molecule has 0 saturated carbocycles. The molecule has 0 aromatic heterocycles. The SMILES string of the molecule is Cc1ccc(CN(C)C(=O)CC2CNCCO2)cc1.Cl. The van der Waals surface area contributed by atoms with E-state index in [1.807, 2.05) is 7.05 Å². The van der Waals surface area contributed by atoms with Crippen molar-refractivity contribution in [3.8, 4) is 0 Å². The summed E-state index contributed by atoms with van der Waals surface area (Å²) in [6.07, 6.45) is 0.469. The highest BCUT2D eigenvalue weighted by Crippen LogP contribution is 2.09. The van der Waals surface area contributed by atoms with Crippen LogP contribution in [0.5, 0.6) is 0 Å². The molecule has 1 amide bonds. The molecule has 20 heavy (non-hydrogen) atoms. The first-order chi connectivity index (χ1) is 9.15. The van der Waals surface area contributed by atoms with Crippen LogP contribution in [0.1, 0.15) is 17.5 Å². The molecular formula is C15H23ClN2O2. The lowest BCUT2D eigenvalue weighted by Crippen LogP contribution is -2.41. The van der Waals surface area contributed by atoms with Gasteiger partial charge >= 0.3 is 0 Å².